The summed E-state index contributed by atoms with van der Waals surface area (Å²) in [6.45, 7) is 2.15. The van der Waals surface area contributed by atoms with Crippen LogP contribution >= 0.6 is 34.5 Å². The fraction of sp³-hybridized carbons (Fsp3) is 0.214. The molecule has 1 unspecified atom stereocenters. The number of benzene rings is 1. The number of rotatable bonds is 5. The van der Waals surface area contributed by atoms with E-state index in [1.165, 1.54) is 0 Å². The highest BCUT2D eigenvalue weighted by Gasteiger charge is 2.18. The van der Waals surface area contributed by atoms with E-state index >= 15 is 0 Å². The van der Waals surface area contributed by atoms with Crippen LogP contribution in [0.3, 0.4) is 0 Å². The molecule has 100 valence electrons. The molecular formula is C14H12Cl2O2S. The third-order valence-corrected chi connectivity index (χ3v) is 4.02. The summed E-state index contributed by atoms with van der Waals surface area (Å²) >= 11 is 13.4. The van der Waals surface area contributed by atoms with Gasteiger partial charge in [-0.05, 0) is 36.6 Å². The number of ketones is 1. The molecule has 0 saturated heterocycles. The Labute approximate surface area is 125 Å². The molecule has 1 aromatic heterocycles. The van der Waals surface area contributed by atoms with Crippen LogP contribution in [-0.2, 0) is 11.3 Å². The zero-order chi connectivity index (χ0) is 13.8. The van der Waals surface area contributed by atoms with E-state index in [-0.39, 0.29) is 5.78 Å². The van der Waals surface area contributed by atoms with Crippen LogP contribution in [0.4, 0.5) is 0 Å². The minimum absolute atomic E-state index is 0.141. The van der Waals surface area contributed by atoms with Crippen LogP contribution < -0.4 is 0 Å². The molecule has 0 aliphatic heterocycles. The van der Waals surface area contributed by atoms with Gasteiger partial charge in [-0.3, -0.25) is 4.79 Å². The van der Waals surface area contributed by atoms with Crippen LogP contribution in [0.5, 0.6) is 0 Å². The Morgan fingerprint density at radius 3 is 2.79 bits per heavy atom. The van der Waals surface area contributed by atoms with Crippen molar-refractivity contribution < 1.29 is 9.53 Å². The van der Waals surface area contributed by atoms with Crippen LogP contribution in [0.2, 0.25) is 10.0 Å². The maximum absolute atomic E-state index is 12.2. The SMILES string of the molecule is CC(OCc1cccs1)C(=O)c1ccc(Cl)cc1Cl. The van der Waals surface area contributed by atoms with E-state index in [0.717, 1.165) is 4.88 Å². The first-order valence-corrected chi connectivity index (χ1v) is 7.34. The molecule has 0 saturated carbocycles. The van der Waals surface area contributed by atoms with Gasteiger partial charge in [0.05, 0.1) is 11.6 Å². The first-order valence-electron chi connectivity index (χ1n) is 5.71. The number of hydrogen-bond acceptors (Lipinski definition) is 3. The Balaban J connectivity index is 2.02. The van der Waals surface area contributed by atoms with Gasteiger partial charge in [-0.1, -0.05) is 29.3 Å². The number of thiophene rings is 1. The van der Waals surface area contributed by atoms with Gasteiger partial charge in [0, 0.05) is 15.5 Å². The molecule has 1 aromatic carbocycles. The fourth-order valence-electron chi connectivity index (χ4n) is 1.59. The second kappa shape index (κ2) is 6.53. The highest BCUT2D eigenvalue weighted by atomic mass is 35.5. The molecule has 19 heavy (non-hydrogen) atoms. The molecule has 1 atom stereocenters. The van der Waals surface area contributed by atoms with Gasteiger partial charge in [0.1, 0.15) is 6.10 Å². The molecular weight excluding hydrogens is 303 g/mol. The molecule has 0 aliphatic carbocycles. The van der Waals surface area contributed by atoms with E-state index in [2.05, 4.69) is 0 Å². The van der Waals surface area contributed by atoms with Gasteiger partial charge >= 0.3 is 0 Å². The molecule has 1 heterocycles. The van der Waals surface area contributed by atoms with Crippen molar-refractivity contribution in [3.63, 3.8) is 0 Å². The first-order chi connectivity index (χ1) is 9.08. The maximum Gasteiger partial charge on any atom is 0.192 e. The lowest BCUT2D eigenvalue weighted by molar-refractivity contribution is 0.0421. The Bertz CT molecular complexity index is 567. The first kappa shape index (κ1) is 14.5. The molecule has 2 aromatic rings. The smallest absolute Gasteiger partial charge is 0.192 e. The van der Waals surface area contributed by atoms with Crippen LogP contribution in [0.25, 0.3) is 0 Å². The van der Waals surface area contributed by atoms with Gasteiger partial charge in [-0.15, -0.1) is 11.3 Å². The standard InChI is InChI=1S/C14H12Cl2O2S/c1-9(18-8-11-3-2-6-19-11)14(17)12-5-4-10(15)7-13(12)16/h2-7,9H,8H2,1H3. The summed E-state index contributed by atoms with van der Waals surface area (Å²) in [6, 6.07) is 8.75. The molecule has 0 amide bonds. The van der Waals surface area contributed by atoms with Gasteiger partial charge < -0.3 is 4.74 Å². The second-order valence-electron chi connectivity index (χ2n) is 4.02. The molecule has 2 rings (SSSR count). The Morgan fingerprint density at radius 1 is 1.37 bits per heavy atom. The quantitative estimate of drug-likeness (QED) is 0.738. The van der Waals surface area contributed by atoms with Gasteiger partial charge in [0.2, 0.25) is 0 Å². The van der Waals surface area contributed by atoms with Crippen molar-refractivity contribution in [2.45, 2.75) is 19.6 Å². The van der Waals surface area contributed by atoms with Crippen LogP contribution in [0.15, 0.2) is 35.7 Å². The molecule has 2 nitrogen and oxygen atoms in total. The summed E-state index contributed by atoms with van der Waals surface area (Å²) in [7, 11) is 0. The van der Waals surface area contributed by atoms with Crippen LogP contribution in [-0.4, -0.2) is 11.9 Å². The van der Waals surface area contributed by atoms with E-state index in [0.29, 0.717) is 22.2 Å². The molecule has 0 fully saturated rings. The predicted octanol–water partition coefficient (Wildman–Crippen LogP) is 4.84. The highest BCUT2D eigenvalue weighted by molar-refractivity contribution is 7.09. The van der Waals surface area contributed by atoms with Crippen molar-refractivity contribution in [1.82, 2.24) is 0 Å². The summed E-state index contributed by atoms with van der Waals surface area (Å²) in [5, 5.41) is 2.83. The topological polar surface area (TPSA) is 26.3 Å². The van der Waals surface area contributed by atoms with Crippen LogP contribution in [0, 0.1) is 0 Å². The summed E-state index contributed by atoms with van der Waals surface area (Å²) in [4.78, 5) is 13.3. The number of Topliss-reactive ketones (excluding diaryl/α,β-unsaturated/α-hetero) is 1. The summed E-state index contributed by atoms with van der Waals surface area (Å²) in [5.41, 5.74) is 0.435. The van der Waals surface area contributed by atoms with Crippen molar-refractivity contribution in [3.05, 3.63) is 56.2 Å². The fourth-order valence-corrected chi connectivity index (χ4v) is 2.71. The zero-order valence-corrected chi connectivity index (χ0v) is 12.6. The molecule has 0 radical (unpaired) electrons. The minimum atomic E-state index is -0.541. The summed E-state index contributed by atoms with van der Waals surface area (Å²) < 4.78 is 5.56. The maximum atomic E-state index is 12.2. The largest absolute Gasteiger partial charge is 0.365 e. The summed E-state index contributed by atoms with van der Waals surface area (Å²) in [5.74, 6) is -0.141. The Morgan fingerprint density at radius 2 is 2.16 bits per heavy atom. The van der Waals surface area contributed by atoms with Crippen molar-refractivity contribution in [2.24, 2.45) is 0 Å². The third kappa shape index (κ3) is 3.80. The van der Waals surface area contributed by atoms with Crippen molar-refractivity contribution >= 4 is 40.3 Å². The van der Waals surface area contributed by atoms with E-state index in [4.69, 9.17) is 27.9 Å². The zero-order valence-electron chi connectivity index (χ0n) is 10.2. The minimum Gasteiger partial charge on any atom is -0.365 e. The molecule has 0 spiro atoms. The van der Waals surface area contributed by atoms with E-state index in [9.17, 15) is 4.79 Å². The predicted molar refractivity (Wildman–Crippen MR) is 79.4 cm³/mol. The average Bonchev–Trinajstić information content (AvgIpc) is 2.88. The van der Waals surface area contributed by atoms with Crippen LogP contribution in [0.1, 0.15) is 22.2 Å². The number of carbonyl (C=O) groups excluding carboxylic acids is 1. The number of halogens is 2. The third-order valence-electron chi connectivity index (χ3n) is 2.62. The van der Waals surface area contributed by atoms with E-state index in [1.54, 1.807) is 36.5 Å². The van der Waals surface area contributed by atoms with Gasteiger partial charge in [-0.2, -0.15) is 0 Å². The van der Waals surface area contributed by atoms with E-state index < -0.39 is 6.10 Å². The molecule has 0 N–H and O–H groups in total. The molecule has 0 bridgehead atoms. The normalized spacial score (nSPS) is 12.4. The lowest BCUT2D eigenvalue weighted by Crippen LogP contribution is -2.21. The number of ether oxygens (including phenoxy) is 1. The number of hydrogen-bond donors (Lipinski definition) is 0. The Kier molecular flexibility index (Phi) is 4.99. The summed E-state index contributed by atoms with van der Waals surface area (Å²) in [6.07, 6.45) is -0.541. The lowest BCUT2D eigenvalue weighted by atomic mass is 10.1. The van der Waals surface area contributed by atoms with Gasteiger partial charge in [0.25, 0.3) is 0 Å². The van der Waals surface area contributed by atoms with Crippen molar-refractivity contribution in [3.8, 4) is 0 Å². The molecule has 5 heteroatoms. The Hall–Kier alpha value is -0.870. The van der Waals surface area contributed by atoms with Gasteiger partial charge in [-0.25, -0.2) is 0 Å². The lowest BCUT2D eigenvalue weighted by Gasteiger charge is -2.12. The van der Waals surface area contributed by atoms with E-state index in [1.807, 2.05) is 17.5 Å². The second-order valence-corrected chi connectivity index (χ2v) is 5.90. The van der Waals surface area contributed by atoms with Crippen molar-refractivity contribution in [1.29, 1.82) is 0 Å². The highest BCUT2D eigenvalue weighted by Crippen LogP contribution is 2.23. The van der Waals surface area contributed by atoms with Gasteiger partial charge in [0.15, 0.2) is 5.78 Å². The average molecular weight is 315 g/mol. The molecule has 0 aliphatic rings. The van der Waals surface area contributed by atoms with Crippen molar-refractivity contribution in [2.75, 3.05) is 0 Å². The number of carbonyl (C=O) groups is 1. The monoisotopic (exact) mass is 314 g/mol.